The van der Waals surface area contributed by atoms with Crippen LogP contribution in [0, 0.1) is 11.8 Å². The molecule has 0 unspecified atom stereocenters. The minimum atomic E-state index is -3.52. The van der Waals surface area contributed by atoms with Gasteiger partial charge in [-0.3, -0.25) is 0 Å². The molecule has 0 heterocycles. The molecule has 0 aliphatic carbocycles. The van der Waals surface area contributed by atoms with Gasteiger partial charge in [-0.2, -0.15) is 11.8 Å². The maximum Gasteiger partial charge on any atom is 0.244 e. The van der Waals surface area contributed by atoms with Crippen LogP contribution >= 0.6 is 11.8 Å². The zero-order valence-electron chi connectivity index (χ0n) is 11.7. The number of sulfonamides is 1. The molecule has 0 aromatic heterocycles. The number of nitrogens with zero attached hydrogens (tertiary/aromatic N) is 1. The molecule has 1 aromatic rings. The van der Waals surface area contributed by atoms with Crippen LogP contribution in [0.15, 0.2) is 29.2 Å². The summed E-state index contributed by atoms with van der Waals surface area (Å²) in [6.45, 7) is 0.428. The van der Waals surface area contributed by atoms with Crippen LogP contribution in [-0.2, 0) is 10.0 Å². The lowest BCUT2D eigenvalue weighted by Crippen LogP contribution is -2.29. The first kappa shape index (κ1) is 17.1. The summed E-state index contributed by atoms with van der Waals surface area (Å²) in [5.41, 5.74) is 0.469. The second-order valence-electron chi connectivity index (χ2n) is 4.09. The van der Waals surface area contributed by atoms with Gasteiger partial charge >= 0.3 is 0 Å². The molecule has 6 heteroatoms. The third-order valence-electron chi connectivity index (χ3n) is 2.65. The molecule has 0 atom stereocenters. The van der Waals surface area contributed by atoms with Crippen LogP contribution in [0.3, 0.4) is 0 Å². The van der Waals surface area contributed by atoms with Crippen LogP contribution in [-0.4, -0.2) is 50.0 Å². The van der Waals surface area contributed by atoms with Crippen LogP contribution in [0.2, 0.25) is 0 Å². The van der Waals surface area contributed by atoms with Gasteiger partial charge < -0.3 is 5.11 Å². The average molecular weight is 313 g/mol. The predicted octanol–water partition coefficient (Wildman–Crippen LogP) is 1.40. The van der Waals surface area contributed by atoms with Crippen LogP contribution in [0.25, 0.3) is 0 Å². The molecule has 0 radical (unpaired) electrons. The highest BCUT2D eigenvalue weighted by atomic mass is 32.2. The van der Waals surface area contributed by atoms with Crippen molar-refractivity contribution in [3.63, 3.8) is 0 Å². The molecule has 1 aromatic carbocycles. The fourth-order valence-corrected chi connectivity index (χ4v) is 3.40. The maximum atomic E-state index is 12.5. The Bertz CT molecular complexity index is 588. The first-order valence-corrected chi connectivity index (χ1v) is 9.01. The lowest BCUT2D eigenvalue weighted by molar-refractivity contribution is 0.305. The summed E-state index contributed by atoms with van der Waals surface area (Å²) in [6, 6.07) is 6.68. The van der Waals surface area contributed by atoms with Gasteiger partial charge in [0.1, 0.15) is 0 Å². The highest BCUT2D eigenvalue weighted by molar-refractivity contribution is 7.98. The quantitative estimate of drug-likeness (QED) is 0.807. The number of aliphatic hydroxyl groups excluding tert-OH is 1. The molecular formula is C14H19NO3S2. The topological polar surface area (TPSA) is 57.6 Å². The van der Waals surface area contributed by atoms with Gasteiger partial charge in [-0.1, -0.05) is 24.0 Å². The van der Waals surface area contributed by atoms with E-state index >= 15 is 0 Å². The van der Waals surface area contributed by atoms with Gasteiger partial charge in [0.2, 0.25) is 10.0 Å². The zero-order chi connectivity index (χ0) is 15.0. The van der Waals surface area contributed by atoms with Crippen molar-refractivity contribution in [3.05, 3.63) is 29.8 Å². The van der Waals surface area contributed by atoms with Gasteiger partial charge in [-0.15, -0.1) is 0 Å². The van der Waals surface area contributed by atoms with Crippen molar-refractivity contribution >= 4 is 21.8 Å². The smallest absolute Gasteiger partial charge is 0.244 e. The van der Waals surface area contributed by atoms with Gasteiger partial charge in [0.15, 0.2) is 0 Å². The summed E-state index contributed by atoms with van der Waals surface area (Å²) >= 11 is 1.60. The Morgan fingerprint density at radius 1 is 1.35 bits per heavy atom. The molecule has 0 bridgehead atoms. The van der Waals surface area contributed by atoms with Gasteiger partial charge in [-0.05, 0) is 18.4 Å². The molecule has 4 nitrogen and oxygen atoms in total. The highest BCUT2D eigenvalue weighted by Gasteiger charge is 2.22. The van der Waals surface area contributed by atoms with Crippen LogP contribution in [0.5, 0.6) is 0 Å². The molecule has 1 N–H and O–H groups in total. The van der Waals surface area contributed by atoms with Crippen molar-refractivity contribution in [2.45, 2.75) is 11.3 Å². The standard InChI is InChI=1S/C14H19NO3S2/c1-15(10-12-19-2)20(17,18)14-9-4-3-7-13(14)8-5-6-11-16/h3-4,7,9,16H,6,10-12H2,1-2H3. The molecule has 0 saturated carbocycles. The van der Waals surface area contributed by atoms with E-state index in [1.807, 2.05) is 6.26 Å². The number of hydrogen-bond acceptors (Lipinski definition) is 4. The third kappa shape index (κ3) is 4.53. The molecule has 0 saturated heterocycles. The zero-order valence-corrected chi connectivity index (χ0v) is 13.3. The molecule has 0 aliphatic rings. The van der Waals surface area contributed by atoms with E-state index < -0.39 is 10.0 Å². The molecule has 0 amide bonds. The highest BCUT2D eigenvalue weighted by Crippen LogP contribution is 2.18. The summed E-state index contributed by atoms with van der Waals surface area (Å²) in [4.78, 5) is 0.217. The van der Waals surface area contributed by atoms with Crippen molar-refractivity contribution in [2.24, 2.45) is 0 Å². The van der Waals surface area contributed by atoms with E-state index in [-0.39, 0.29) is 11.5 Å². The monoisotopic (exact) mass is 313 g/mol. The first-order valence-electron chi connectivity index (χ1n) is 6.18. The fourth-order valence-electron chi connectivity index (χ4n) is 1.52. The second kappa shape index (κ2) is 8.32. The Kier molecular flexibility index (Phi) is 7.10. The average Bonchev–Trinajstić information content (AvgIpc) is 2.45. The molecule has 0 spiro atoms. The Morgan fingerprint density at radius 2 is 2.05 bits per heavy atom. The predicted molar refractivity (Wildman–Crippen MR) is 83.2 cm³/mol. The number of aliphatic hydroxyl groups is 1. The molecule has 20 heavy (non-hydrogen) atoms. The van der Waals surface area contributed by atoms with Crippen molar-refractivity contribution in [2.75, 3.05) is 32.2 Å². The fraction of sp³-hybridized carbons (Fsp3) is 0.429. The van der Waals surface area contributed by atoms with E-state index in [9.17, 15) is 8.42 Å². The van der Waals surface area contributed by atoms with Gasteiger partial charge in [-0.25, -0.2) is 12.7 Å². The second-order valence-corrected chi connectivity index (χ2v) is 7.09. The minimum absolute atomic E-state index is 0.0322. The van der Waals surface area contributed by atoms with Crippen LogP contribution < -0.4 is 0 Å². The summed E-state index contributed by atoms with van der Waals surface area (Å²) in [5.74, 6) is 6.31. The molecule has 110 valence electrons. The SMILES string of the molecule is CSCCN(C)S(=O)(=O)c1ccccc1C#CCCO. The van der Waals surface area contributed by atoms with E-state index in [1.54, 1.807) is 43.1 Å². The lowest BCUT2D eigenvalue weighted by Gasteiger charge is -2.17. The number of benzene rings is 1. The van der Waals surface area contributed by atoms with Crippen LogP contribution in [0.1, 0.15) is 12.0 Å². The number of rotatable bonds is 6. The number of thioether (sulfide) groups is 1. The van der Waals surface area contributed by atoms with E-state index in [4.69, 9.17) is 5.11 Å². The summed E-state index contributed by atoms with van der Waals surface area (Å²) in [6.07, 6.45) is 2.27. The minimum Gasteiger partial charge on any atom is -0.395 e. The van der Waals surface area contributed by atoms with E-state index in [1.165, 1.54) is 4.31 Å². The van der Waals surface area contributed by atoms with E-state index in [0.717, 1.165) is 5.75 Å². The first-order chi connectivity index (χ1) is 9.54. The summed E-state index contributed by atoms with van der Waals surface area (Å²) in [7, 11) is -1.95. The van der Waals surface area contributed by atoms with E-state index in [2.05, 4.69) is 11.8 Å². The van der Waals surface area contributed by atoms with E-state index in [0.29, 0.717) is 18.5 Å². The molecule has 1 rings (SSSR count). The summed E-state index contributed by atoms with van der Waals surface area (Å²) < 4.78 is 26.3. The van der Waals surface area contributed by atoms with Crippen LogP contribution in [0.4, 0.5) is 0 Å². The van der Waals surface area contributed by atoms with Crippen molar-refractivity contribution in [1.82, 2.24) is 4.31 Å². The molecule has 0 aliphatic heterocycles. The largest absolute Gasteiger partial charge is 0.395 e. The third-order valence-corrected chi connectivity index (χ3v) is 5.15. The molecule has 0 fully saturated rings. The maximum absolute atomic E-state index is 12.5. The Morgan fingerprint density at radius 3 is 2.70 bits per heavy atom. The number of hydrogen-bond donors (Lipinski definition) is 1. The summed E-state index contributed by atoms with van der Waals surface area (Å²) in [5, 5.41) is 8.73. The lowest BCUT2D eigenvalue weighted by atomic mass is 10.2. The van der Waals surface area contributed by atoms with Crippen molar-refractivity contribution in [3.8, 4) is 11.8 Å². The van der Waals surface area contributed by atoms with Gasteiger partial charge in [0, 0.05) is 31.3 Å². The Hall–Kier alpha value is -1.00. The van der Waals surface area contributed by atoms with Crippen molar-refractivity contribution in [1.29, 1.82) is 0 Å². The Labute approximate surface area is 125 Å². The van der Waals surface area contributed by atoms with Crippen molar-refractivity contribution < 1.29 is 13.5 Å². The van der Waals surface area contributed by atoms with Gasteiger partial charge in [0.25, 0.3) is 0 Å². The molecular weight excluding hydrogens is 294 g/mol. The normalized spacial score (nSPS) is 11.2. The van der Waals surface area contributed by atoms with Gasteiger partial charge in [0.05, 0.1) is 11.5 Å². The Balaban J connectivity index is 3.09.